The Bertz CT molecular complexity index is 630. The Hall–Kier alpha value is -0.810. The molecule has 3 rings (SSSR count). The van der Waals surface area contributed by atoms with Gasteiger partial charge < -0.3 is 9.73 Å². The van der Waals surface area contributed by atoms with Gasteiger partial charge in [0.25, 0.3) is 0 Å². The summed E-state index contributed by atoms with van der Waals surface area (Å²) in [5, 5.41) is 3.60. The van der Waals surface area contributed by atoms with Crippen LogP contribution in [0.4, 0.5) is 0 Å². The molecule has 118 valence electrons. The number of nitrogens with one attached hydrogen (secondary N) is 1. The first-order valence-corrected chi connectivity index (χ1v) is 9.62. The molecule has 1 aromatic heterocycles. The molecule has 2 heterocycles. The van der Waals surface area contributed by atoms with Crippen molar-refractivity contribution >= 4 is 9.84 Å². The third-order valence-electron chi connectivity index (χ3n) is 4.64. The second-order valence-corrected chi connectivity index (χ2v) is 9.68. The van der Waals surface area contributed by atoms with Crippen LogP contribution in [0.3, 0.4) is 0 Å². The van der Waals surface area contributed by atoms with Gasteiger partial charge in [-0.05, 0) is 37.7 Å². The fourth-order valence-corrected chi connectivity index (χ4v) is 5.42. The van der Waals surface area contributed by atoms with Gasteiger partial charge in [-0.3, -0.25) is 0 Å². The van der Waals surface area contributed by atoms with E-state index < -0.39 is 9.84 Å². The standard InChI is InChI=1S/C16H25NO3S/c1-11-7-13-14(8-16(2,3)9-15(13)20-11)17-12-5-4-6-21(18,19)10-12/h7,12,14,17H,4-6,8-10H2,1-3H3. The van der Waals surface area contributed by atoms with Crippen molar-refractivity contribution in [2.45, 2.75) is 58.5 Å². The number of rotatable bonds is 2. The van der Waals surface area contributed by atoms with Gasteiger partial charge in [0, 0.05) is 24.1 Å². The van der Waals surface area contributed by atoms with E-state index in [2.05, 4.69) is 25.2 Å². The van der Waals surface area contributed by atoms with Gasteiger partial charge in [-0.15, -0.1) is 0 Å². The SMILES string of the molecule is Cc1cc2c(o1)CC(C)(C)CC2NC1CCCS(=O)(=O)C1. The van der Waals surface area contributed by atoms with E-state index in [1.165, 1.54) is 5.56 Å². The maximum atomic E-state index is 11.8. The van der Waals surface area contributed by atoms with Crippen LogP contribution in [0.15, 0.2) is 10.5 Å². The maximum absolute atomic E-state index is 11.8. The molecule has 2 unspecified atom stereocenters. The van der Waals surface area contributed by atoms with E-state index in [-0.39, 0.29) is 23.3 Å². The molecule has 0 amide bonds. The molecule has 0 bridgehead atoms. The Morgan fingerprint density at radius 3 is 2.86 bits per heavy atom. The quantitative estimate of drug-likeness (QED) is 0.912. The molecule has 0 radical (unpaired) electrons. The summed E-state index contributed by atoms with van der Waals surface area (Å²) in [6, 6.07) is 2.39. The zero-order valence-electron chi connectivity index (χ0n) is 13.1. The number of aryl methyl sites for hydroxylation is 1. The molecule has 2 atom stereocenters. The molecular weight excluding hydrogens is 286 g/mol. The highest BCUT2D eigenvalue weighted by Crippen LogP contribution is 2.42. The molecule has 4 nitrogen and oxygen atoms in total. The molecule has 1 aliphatic carbocycles. The molecule has 1 aliphatic heterocycles. The van der Waals surface area contributed by atoms with Gasteiger partial charge in [-0.2, -0.15) is 0 Å². The highest BCUT2D eigenvalue weighted by Gasteiger charge is 2.36. The minimum atomic E-state index is -2.87. The Kier molecular flexibility index (Phi) is 3.69. The van der Waals surface area contributed by atoms with Crippen LogP contribution in [-0.2, 0) is 16.3 Å². The average Bonchev–Trinajstić information content (AvgIpc) is 2.66. The van der Waals surface area contributed by atoms with Gasteiger partial charge >= 0.3 is 0 Å². The summed E-state index contributed by atoms with van der Waals surface area (Å²) in [6.07, 6.45) is 3.70. The Morgan fingerprint density at radius 2 is 2.14 bits per heavy atom. The van der Waals surface area contributed by atoms with Crippen molar-refractivity contribution in [3.05, 3.63) is 23.2 Å². The third-order valence-corrected chi connectivity index (χ3v) is 6.46. The van der Waals surface area contributed by atoms with Crippen LogP contribution in [0.25, 0.3) is 0 Å². The van der Waals surface area contributed by atoms with E-state index in [4.69, 9.17) is 4.42 Å². The minimum absolute atomic E-state index is 0.0747. The molecule has 1 fully saturated rings. The minimum Gasteiger partial charge on any atom is -0.466 e. The van der Waals surface area contributed by atoms with E-state index in [0.29, 0.717) is 5.75 Å². The fourth-order valence-electron chi connectivity index (χ4n) is 3.77. The first kappa shape index (κ1) is 15.1. The first-order valence-electron chi connectivity index (χ1n) is 7.80. The Balaban J connectivity index is 1.81. The van der Waals surface area contributed by atoms with Crippen LogP contribution < -0.4 is 5.32 Å². The van der Waals surface area contributed by atoms with Gasteiger partial charge in [0.15, 0.2) is 9.84 Å². The average molecular weight is 311 g/mol. The van der Waals surface area contributed by atoms with E-state index >= 15 is 0 Å². The van der Waals surface area contributed by atoms with Crippen LogP contribution in [0, 0.1) is 12.3 Å². The number of sulfone groups is 1. The largest absolute Gasteiger partial charge is 0.466 e. The second kappa shape index (κ2) is 5.13. The van der Waals surface area contributed by atoms with Gasteiger partial charge in [0.1, 0.15) is 11.5 Å². The summed E-state index contributed by atoms with van der Waals surface area (Å²) in [7, 11) is -2.87. The fraction of sp³-hybridized carbons (Fsp3) is 0.750. The highest BCUT2D eigenvalue weighted by molar-refractivity contribution is 7.91. The van der Waals surface area contributed by atoms with E-state index in [1.807, 2.05) is 6.92 Å². The monoisotopic (exact) mass is 311 g/mol. The first-order chi connectivity index (χ1) is 9.74. The van der Waals surface area contributed by atoms with Crippen molar-refractivity contribution in [2.75, 3.05) is 11.5 Å². The van der Waals surface area contributed by atoms with Crippen LogP contribution in [0.2, 0.25) is 0 Å². The van der Waals surface area contributed by atoms with Crippen molar-refractivity contribution in [2.24, 2.45) is 5.41 Å². The molecular formula is C16H25NO3S. The van der Waals surface area contributed by atoms with E-state index in [9.17, 15) is 8.42 Å². The lowest BCUT2D eigenvalue weighted by Crippen LogP contribution is -2.44. The summed E-state index contributed by atoms with van der Waals surface area (Å²) in [5.74, 6) is 2.63. The van der Waals surface area contributed by atoms with Gasteiger partial charge in [-0.25, -0.2) is 8.42 Å². The second-order valence-electron chi connectivity index (χ2n) is 7.45. The van der Waals surface area contributed by atoms with Gasteiger partial charge in [0.2, 0.25) is 0 Å². The maximum Gasteiger partial charge on any atom is 0.151 e. The van der Waals surface area contributed by atoms with Crippen LogP contribution in [0.1, 0.15) is 56.2 Å². The molecule has 1 aromatic rings. The van der Waals surface area contributed by atoms with Crippen molar-refractivity contribution in [3.8, 4) is 0 Å². The van der Waals surface area contributed by atoms with Crippen molar-refractivity contribution in [1.29, 1.82) is 0 Å². The molecule has 5 heteroatoms. The lowest BCUT2D eigenvalue weighted by molar-refractivity contribution is 0.224. The summed E-state index contributed by atoms with van der Waals surface area (Å²) in [6.45, 7) is 6.48. The van der Waals surface area contributed by atoms with Crippen LogP contribution in [-0.4, -0.2) is 26.0 Å². The number of hydrogen-bond acceptors (Lipinski definition) is 4. The predicted molar refractivity (Wildman–Crippen MR) is 83.1 cm³/mol. The lowest BCUT2D eigenvalue weighted by atomic mass is 9.74. The summed E-state index contributed by atoms with van der Waals surface area (Å²) < 4.78 is 29.5. The van der Waals surface area contributed by atoms with Crippen molar-refractivity contribution < 1.29 is 12.8 Å². The van der Waals surface area contributed by atoms with Gasteiger partial charge in [0.05, 0.1) is 11.5 Å². The number of hydrogen-bond donors (Lipinski definition) is 1. The zero-order valence-corrected chi connectivity index (χ0v) is 13.9. The molecule has 0 aromatic carbocycles. The Labute approximate surface area is 127 Å². The summed E-state index contributed by atoms with van der Waals surface area (Å²) in [5.41, 5.74) is 1.41. The third kappa shape index (κ3) is 3.34. The molecule has 1 N–H and O–H groups in total. The molecule has 21 heavy (non-hydrogen) atoms. The van der Waals surface area contributed by atoms with E-state index in [0.717, 1.165) is 37.2 Å². The Morgan fingerprint density at radius 1 is 1.38 bits per heavy atom. The van der Waals surface area contributed by atoms with Crippen molar-refractivity contribution in [3.63, 3.8) is 0 Å². The topological polar surface area (TPSA) is 59.3 Å². The molecule has 0 spiro atoms. The normalized spacial score (nSPS) is 30.8. The van der Waals surface area contributed by atoms with Gasteiger partial charge in [-0.1, -0.05) is 13.8 Å². The number of fused-ring (bicyclic) bond motifs is 1. The molecule has 2 aliphatic rings. The summed E-state index contributed by atoms with van der Waals surface area (Å²) >= 11 is 0. The van der Waals surface area contributed by atoms with Crippen LogP contribution >= 0.6 is 0 Å². The smallest absolute Gasteiger partial charge is 0.151 e. The number of furan rings is 1. The zero-order chi connectivity index (χ0) is 15.3. The van der Waals surface area contributed by atoms with Crippen molar-refractivity contribution in [1.82, 2.24) is 5.32 Å². The molecule has 0 saturated carbocycles. The molecule has 1 saturated heterocycles. The van der Waals surface area contributed by atoms with E-state index in [1.54, 1.807) is 0 Å². The highest BCUT2D eigenvalue weighted by atomic mass is 32.2. The lowest BCUT2D eigenvalue weighted by Gasteiger charge is -2.37. The summed E-state index contributed by atoms with van der Waals surface area (Å²) in [4.78, 5) is 0. The van der Waals surface area contributed by atoms with Crippen LogP contribution in [0.5, 0.6) is 0 Å². The predicted octanol–water partition coefficient (Wildman–Crippen LogP) is 2.77.